The molecule has 4 N–H and O–H groups in total. The number of hydrogen-bond acceptors (Lipinski definition) is 4. The summed E-state index contributed by atoms with van der Waals surface area (Å²) in [6.07, 6.45) is 2.76. The Hall–Kier alpha value is -1.14. The van der Waals surface area contributed by atoms with Gasteiger partial charge in [0.2, 0.25) is 5.91 Å². The van der Waals surface area contributed by atoms with E-state index in [1.807, 2.05) is 0 Å². The average molecular weight is 244 g/mol. The van der Waals surface area contributed by atoms with Crippen LogP contribution >= 0.6 is 0 Å². The number of carbonyl (C=O) groups excluding carboxylic acids is 1. The van der Waals surface area contributed by atoms with E-state index >= 15 is 0 Å². The van der Waals surface area contributed by atoms with Crippen LogP contribution in [-0.4, -0.2) is 42.8 Å². The van der Waals surface area contributed by atoms with Gasteiger partial charge >= 0.3 is 5.97 Å². The van der Waals surface area contributed by atoms with Gasteiger partial charge in [-0.3, -0.25) is 4.79 Å². The standard InChI is InChI=1S/C11H20N2O4/c1-17-6-5-9(11(15)16)13-10(14)7-3-2-4-8(7)12/h7-9H,2-6,12H2,1H3,(H,13,14)(H,15,16). The second kappa shape index (κ2) is 6.56. The summed E-state index contributed by atoms with van der Waals surface area (Å²) in [5.41, 5.74) is 5.80. The largest absolute Gasteiger partial charge is 0.480 e. The lowest BCUT2D eigenvalue weighted by Crippen LogP contribution is -2.47. The number of carboxylic acid groups (broad SMARTS) is 1. The highest BCUT2D eigenvalue weighted by molar-refractivity contribution is 5.85. The first-order chi connectivity index (χ1) is 8.06. The van der Waals surface area contributed by atoms with E-state index in [2.05, 4.69) is 5.32 Å². The fraction of sp³-hybridized carbons (Fsp3) is 0.818. The molecule has 0 aromatic rings. The summed E-state index contributed by atoms with van der Waals surface area (Å²) in [7, 11) is 1.49. The van der Waals surface area contributed by atoms with Crippen molar-refractivity contribution in [3.63, 3.8) is 0 Å². The summed E-state index contributed by atoms with van der Waals surface area (Å²) in [4.78, 5) is 22.8. The van der Waals surface area contributed by atoms with Crippen LogP contribution in [0.3, 0.4) is 0 Å². The molecule has 1 amide bonds. The molecule has 0 saturated heterocycles. The van der Waals surface area contributed by atoms with Gasteiger partial charge in [0.25, 0.3) is 0 Å². The fourth-order valence-electron chi connectivity index (χ4n) is 2.09. The van der Waals surface area contributed by atoms with Crippen LogP contribution in [0, 0.1) is 5.92 Å². The van der Waals surface area contributed by atoms with Crippen LogP contribution in [0.2, 0.25) is 0 Å². The lowest BCUT2D eigenvalue weighted by molar-refractivity contribution is -0.143. The summed E-state index contributed by atoms with van der Waals surface area (Å²) < 4.78 is 4.81. The smallest absolute Gasteiger partial charge is 0.326 e. The van der Waals surface area contributed by atoms with E-state index in [1.54, 1.807) is 0 Å². The second-order valence-electron chi connectivity index (χ2n) is 4.38. The molecule has 6 nitrogen and oxygen atoms in total. The zero-order valence-corrected chi connectivity index (χ0v) is 10.0. The number of nitrogens with one attached hydrogen (secondary N) is 1. The predicted octanol–water partition coefficient (Wildman–Crippen LogP) is -0.280. The van der Waals surface area contributed by atoms with Gasteiger partial charge < -0.3 is 20.9 Å². The number of nitrogens with two attached hydrogens (primary N) is 1. The quantitative estimate of drug-likeness (QED) is 0.596. The first-order valence-corrected chi connectivity index (χ1v) is 5.84. The molecule has 1 aliphatic carbocycles. The SMILES string of the molecule is COCCC(NC(=O)C1CCCC1N)C(=O)O. The topological polar surface area (TPSA) is 102 Å². The third-order valence-corrected chi connectivity index (χ3v) is 3.13. The van der Waals surface area contributed by atoms with Gasteiger partial charge in [0.1, 0.15) is 6.04 Å². The van der Waals surface area contributed by atoms with Gasteiger partial charge in [-0.1, -0.05) is 6.42 Å². The summed E-state index contributed by atoms with van der Waals surface area (Å²) in [6, 6.07) is -1.04. The van der Waals surface area contributed by atoms with Crippen molar-refractivity contribution in [3.8, 4) is 0 Å². The molecular weight excluding hydrogens is 224 g/mol. The lowest BCUT2D eigenvalue weighted by atomic mass is 10.0. The Morgan fingerprint density at radius 3 is 2.71 bits per heavy atom. The number of rotatable bonds is 6. The van der Waals surface area contributed by atoms with Crippen LogP contribution in [0.1, 0.15) is 25.7 Å². The number of amides is 1. The van der Waals surface area contributed by atoms with E-state index in [4.69, 9.17) is 15.6 Å². The average Bonchev–Trinajstić information content (AvgIpc) is 2.70. The summed E-state index contributed by atoms with van der Waals surface area (Å²) in [5.74, 6) is -1.54. The molecule has 17 heavy (non-hydrogen) atoms. The molecule has 0 radical (unpaired) electrons. The van der Waals surface area contributed by atoms with Crippen LogP contribution in [0.25, 0.3) is 0 Å². The molecule has 6 heteroatoms. The van der Waals surface area contributed by atoms with E-state index in [9.17, 15) is 9.59 Å². The van der Waals surface area contributed by atoms with Crippen molar-refractivity contribution >= 4 is 11.9 Å². The monoisotopic (exact) mass is 244 g/mol. The Morgan fingerprint density at radius 2 is 2.24 bits per heavy atom. The van der Waals surface area contributed by atoms with E-state index in [0.717, 1.165) is 19.3 Å². The van der Waals surface area contributed by atoms with Crippen molar-refractivity contribution in [2.45, 2.75) is 37.8 Å². The van der Waals surface area contributed by atoms with Crippen LogP contribution in [0.4, 0.5) is 0 Å². The molecule has 98 valence electrons. The Bertz CT molecular complexity index is 283. The predicted molar refractivity (Wildman–Crippen MR) is 61.4 cm³/mol. The zero-order chi connectivity index (χ0) is 12.8. The minimum atomic E-state index is -1.04. The highest BCUT2D eigenvalue weighted by atomic mass is 16.5. The van der Waals surface area contributed by atoms with E-state index in [0.29, 0.717) is 6.61 Å². The molecule has 0 bridgehead atoms. The number of methoxy groups -OCH3 is 1. The van der Waals surface area contributed by atoms with Gasteiger partial charge in [-0.2, -0.15) is 0 Å². The molecule has 0 spiro atoms. The van der Waals surface area contributed by atoms with Gasteiger partial charge in [0.15, 0.2) is 0 Å². The highest BCUT2D eigenvalue weighted by Gasteiger charge is 2.32. The maximum atomic E-state index is 11.8. The second-order valence-corrected chi connectivity index (χ2v) is 4.38. The fourth-order valence-corrected chi connectivity index (χ4v) is 2.09. The molecule has 1 aliphatic rings. The summed E-state index contributed by atoms with van der Waals surface area (Å²) in [6.45, 7) is 0.300. The van der Waals surface area contributed by atoms with Gasteiger partial charge in [0, 0.05) is 26.2 Å². The Kier molecular flexibility index (Phi) is 5.37. The summed E-state index contributed by atoms with van der Waals surface area (Å²) >= 11 is 0. The number of hydrogen-bond donors (Lipinski definition) is 3. The maximum absolute atomic E-state index is 11.8. The highest BCUT2D eigenvalue weighted by Crippen LogP contribution is 2.24. The van der Waals surface area contributed by atoms with Crippen molar-refractivity contribution in [1.82, 2.24) is 5.32 Å². The number of ether oxygens (including phenoxy) is 1. The van der Waals surface area contributed by atoms with Crippen molar-refractivity contribution in [3.05, 3.63) is 0 Å². The lowest BCUT2D eigenvalue weighted by Gasteiger charge is -2.19. The third-order valence-electron chi connectivity index (χ3n) is 3.13. The van der Waals surface area contributed by atoms with Crippen molar-refractivity contribution < 1.29 is 19.4 Å². The van der Waals surface area contributed by atoms with E-state index in [-0.39, 0.29) is 24.3 Å². The number of carboxylic acids is 1. The molecular formula is C11H20N2O4. The normalized spacial score (nSPS) is 25.5. The molecule has 1 saturated carbocycles. The molecule has 0 aliphatic heterocycles. The first-order valence-electron chi connectivity index (χ1n) is 5.84. The van der Waals surface area contributed by atoms with Crippen molar-refractivity contribution in [1.29, 1.82) is 0 Å². The van der Waals surface area contributed by atoms with Gasteiger partial charge in [0.05, 0.1) is 5.92 Å². The van der Waals surface area contributed by atoms with Gasteiger partial charge in [-0.15, -0.1) is 0 Å². The molecule has 3 unspecified atom stereocenters. The molecule has 1 rings (SSSR count). The van der Waals surface area contributed by atoms with E-state index in [1.165, 1.54) is 7.11 Å². The Labute approximate surface area is 101 Å². The van der Waals surface area contributed by atoms with Crippen LogP contribution in [-0.2, 0) is 14.3 Å². The van der Waals surface area contributed by atoms with Crippen molar-refractivity contribution in [2.75, 3.05) is 13.7 Å². The third kappa shape index (κ3) is 3.98. The first kappa shape index (κ1) is 13.9. The van der Waals surface area contributed by atoms with Crippen molar-refractivity contribution in [2.24, 2.45) is 11.7 Å². The van der Waals surface area contributed by atoms with Crippen LogP contribution < -0.4 is 11.1 Å². The molecule has 0 aromatic carbocycles. The minimum absolute atomic E-state index is 0.146. The minimum Gasteiger partial charge on any atom is -0.480 e. The molecule has 1 fully saturated rings. The van der Waals surface area contributed by atoms with E-state index < -0.39 is 12.0 Å². The Balaban J connectivity index is 2.48. The number of aliphatic carboxylic acids is 1. The summed E-state index contributed by atoms with van der Waals surface area (Å²) in [5, 5.41) is 11.5. The maximum Gasteiger partial charge on any atom is 0.326 e. The van der Waals surface area contributed by atoms with Gasteiger partial charge in [-0.25, -0.2) is 4.79 Å². The number of carbonyl (C=O) groups is 2. The molecule has 3 atom stereocenters. The molecule has 0 aromatic heterocycles. The van der Waals surface area contributed by atoms with Gasteiger partial charge in [-0.05, 0) is 12.8 Å². The van der Waals surface area contributed by atoms with Crippen LogP contribution in [0.15, 0.2) is 0 Å². The Morgan fingerprint density at radius 1 is 1.53 bits per heavy atom. The zero-order valence-electron chi connectivity index (χ0n) is 10.0. The molecule has 0 heterocycles. The van der Waals surface area contributed by atoms with Crippen LogP contribution in [0.5, 0.6) is 0 Å².